The van der Waals surface area contributed by atoms with Crippen LogP contribution in [0.15, 0.2) is 158 Å². The fraction of sp³-hybridized carbons (Fsp3) is 0. The first kappa shape index (κ1) is 20.1. The maximum absolute atomic E-state index is 9.03. The van der Waals surface area contributed by atoms with Gasteiger partial charge in [0.05, 0.1) is 6.85 Å². The topological polar surface area (TPSA) is 9.23 Å². The Morgan fingerprint density at radius 2 is 1.11 bits per heavy atom. The lowest BCUT2D eigenvalue weighted by molar-refractivity contribution is 0.488. The first-order valence-electron chi connectivity index (χ1n) is 17.6. The lowest BCUT2D eigenvalue weighted by atomic mass is 9.83. The molecule has 45 heavy (non-hydrogen) atoms. The summed E-state index contributed by atoms with van der Waals surface area (Å²) in [7, 11) is 0. The van der Waals surface area contributed by atoms with E-state index in [2.05, 4.69) is 84.9 Å². The van der Waals surface area contributed by atoms with E-state index in [1.165, 1.54) is 5.39 Å². The van der Waals surface area contributed by atoms with Gasteiger partial charge in [0.1, 0.15) is 11.5 Å². The molecule has 0 N–H and O–H groups in total. The van der Waals surface area contributed by atoms with Crippen LogP contribution in [0.3, 0.4) is 0 Å². The highest BCUT2D eigenvalue weighted by Gasteiger charge is 2.24. The molecule has 0 fully saturated rings. The molecule has 1 heterocycles. The van der Waals surface area contributed by atoms with Crippen molar-refractivity contribution in [3.63, 3.8) is 0 Å². The molecule has 0 aliphatic carbocycles. The van der Waals surface area contributed by atoms with Crippen LogP contribution in [0.5, 0.6) is 11.5 Å². The van der Waals surface area contributed by atoms with E-state index in [0.717, 1.165) is 82.2 Å². The third-order valence-electron chi connectivity index (χ3n) is 9.29. The fourth-order valence-corrected chi connectivity index (χ4v) is 7.43. The maximum atomic E-state index is 9.03. The number of ether oxygens (including phenoxy) is 1. The minimum atomic E-state index is -0.403. The molecular weight excluding hydrogens is 544 g/mol. The number of rotatable bonds is 2. The van der Waals surface area contributed by atoms with Crippen molar-refractivity contribution in [2.45, 2.75) is 0 Å². The second-order valence-corrected chi connectivity index (χ2v) is 11.6. The third-order valence-corrected chi connectivity index (χ3v) is 9.29. The minimum absolute atomic E-state index is 0.203. The summed E-state index contributed by atoms with van der Waals surface area (Å²) in [6.45, 7) is 0. The van der Waals surface area contributed by atoms with Gasteiger partial charge in [0.15, 0.2) is 0 Å². The van der Waals surface area contributed by atoms with Crippen molar-refractivity contribution in [2.24, 2.45) is 0 Å². The maximum Gasteiger partial charge on any atom is 0.136 e. The molecule has 10 rings (SSSR count). The minimum Gasteiger partial charge on any atom is -0.456 e. The molecule has 9 aromatic carbocycles. The van der Waals surface area contributed by atoms with Crippen LogP contribution >= 0.6 is 0 Å². The van der Waals surface area contributed by atoms with E-state index in [9.17, 15) is 0 Å². The van der Waals surface area contributed by atoms with E-state index in [0.29, 0.717) is 5.56 Å². The van der Waals surface area contributed by atoms with Crippen LogP contribution in [0.4, 0.5) is 0 Å². The van der Waals surface area contributed by atoms with Gasteiger partial charge >= 0.3 is 0 Å². The van der Waals surface area contributed by atoms with Crippen molar-refractivity contribution < 1.29 is 11.6 Å². The summed E-state index contributed by atoms with van der Waals surface area (Å²) in [4.78, 5) is 0. The van der Waals surface area contributed by atoms with Gasteiger partial charge in [0, 0.05) is 10.9 Å². The number of fused-ring (bicyclic) bond motifs is 8. The average Bonchev–Trinajstić information content (AvgIpc) is 3.16. The second-order valence-electron chi connectivity index (χ2n) is 11.6. The highest BCUT2D eigenvalue weighted by atomic mass is 16.5. The van der Waals surface area contributed by atoms with Crippen LogP contribution in [0.25, 0.3) is 87.2 Å². The summed E-state index contributed by atoms with van der Waals surface area (Å²) in [6, 6.07) is 42.1. The van der Waals surface area contributed by atoms with Gasteiger partial charge in [-0.3, -0.25) is 0 Å². The van der Waals surface area contributed by atoms with E-state index in [1.807, 2.05) is 42.5 Å². The summed E-state index contributed by atoms with van der Waals surface area (Å²) in [5.41, 5.74) is 4.97. The Balaban J connectivity index is 1.33. The van der Waals surface area contributed by atoms with E-state index < -0.39 is 6.04 Å². The Labute approximate surface area is 267 Å². The van der Waals surface area contributed by atoms with Crippen LogP contribution in [0.2, 0.25) is 0 Å². The normalized spacial score (nSPS) is 13.7. The second kappa shape index (κ2) is 9.29. The predicted octanol–water partition coefficient (Wildman–Crippen LogP) is 12.6. The highest BCUT2D eigenvalue weighted by molar-refractivity contribution is 6.28. The van der Waals surface area contributed by atoms with Gasteiger partial charge in [0.25, 0.3) is 0 Å². The molecule has 0 atom stereocenters. The van der Waals surface area contributed by atoms with Gasteiger partial charge < -0.3 is 4.74 Å². The van der Waals surface area contributed by atoms with E-state index in [4.69, 9.17) is 11.6 Å². The van der Waals surface area contributed by atoms with Crippen LogP contribution in [0.1, 0.15) is 6.85 Å². The lowest BCUT2D eigenvalue weighted by Crippen LogP contribution is -1.98. The summed E-state index contributed by atoms with van der Waals surface area (Å²) in [6.07, 6.45) is 0. The smallest absolute Gasteiger partial charge is 0.136 e. The zero-order valence-corrected chi connectivity index (χ0v) is 24.0. The van der Waals surface area contributed by atoms with Crippen molar-refractivity contribution in [1.29, 1.82) is 0 Å². The summed E-state index contributed by atoms with van der Waals surface area (Å²) in [5, 5.41) is 10.0. The molecule has 9 aromatic rings. The number of benzene rings is 9. The third kappa shape index (κ3) is 3.50. The Morgan fingerprint density at radius 1 is 0.400 bits per heavy atom. The van der Waals surface area contributed by atoms with Crippen molar-refractivity contribution in [1.82, 2.24) is 0 Å². The molecular formula is C44H26O. The first-order chi connectivity index (χ1) is 24.4. The van der Waals surface area contributed by atoms with Gasteiger partial charge in [-0.15, -0.1) is 0 Å². The molecule has 0 aromatic heterocycles. The van der Waals surface area contributed by atoms with E-state index in [-0.39, 0.29) is 29.7 Å². The van der Waals surface area contributed by atoms with Crippen molar-refractivity contribution in [2.75, 3.05) is 0 Å². The number of hydrogen-bond donors (Lipinski definition) is 0. The fourth-order valence-electron chi connectivity index (χ4n) is 7.43. The van der Waals surface area contributed by atoms with Crippen LogP contribution in [0, 0.1) is 0 Å². The monoisotopic (exact) mass is 575 g/mol. The van der Waals surface area contributed by atoms with Gasteiger partial charge in [-0.05, 0) is 94.5 Å². The van der Waals surface area contributed by atoms with Gasteiger partial charge in [0.2, 0.25) is 0 Å². The van der Waals surface area contributed by atoms with Crippen molar-refractivity contribution >= 4 is 53.9 Å². The molecule has 1 aliphatic heterocycles. The Hall–Kier alpha value is -5.92. The Bertz CT molecular complexity index is 2940. The molecule has 1 heteroatoms. The van der Waals surface area contributed by atoms with Crippen LogP contribution in [-0.4, -0.2) is 0 Å². The zero-order chi connectivity index (χ0) is 33.8. The Morgan fingerprint density at radius 3 is 1.96 bits per heavy atom. The average molecular weight is 576 g/mol. The zero-order valence-electron chi connectivity index (χ0n) is 29.0. The quantitative estimate of drug-likeness (QED) is 0.147. The molecule has 0 saturated carbocycles. The standard InChI is InChI=1S/C44H26O/c1-2-12-28(13-3-1)42-35-18-9-8-17-34(35)41(37-23-21-27-11-4-7-16-32(27)44(37)42)30-22-24-39-38(25-30)36-20-10-19-33-31-15-6-5-14-29(31)26-40(45-39)43(33)36/h1-26H/i1D,2D,3D,12D,13D. The largest absolute Gasteiger partial charge is 0.456 e. The van der Waals surface area contributed by atoms with Crippen LogP contribution in [-0.2, 0) is 0 Å². The van der Waals surface area contributed by atoms with E-state index >= 15 is 0 Å². The molecule has 208 valence electrons. The predicted molar refractivity (Wildman–Crippen MR) is 190 cm³/mol. The van der Waals surface area contributed by atoms with Crippen molar-refractivity contribution in [3.05, 3.63) is 158 Å². The summed E-state index contributed by atoms with van der Waals surface area (Å²) < 4.78 is 50.1. The molecule has 1 aliphatic rings. The van der Waals surface area contributed by atoms with Gasteiger partial charge in [-0.2, -0.15) is 0 Å². The van der Waals surface area contributed by atoms with Crippen LogP contribution < -0.4 is 4.74 Å². The molecule has 0 bridgehead atoms. The first-order valence-corrected chi connectivity index (χ1v) is 15.1. The molecule has 0 saturated heterocycles. The molecule has 0 unspecified atom stereocenters. The lowest BCUT2D eigenvalue weighted by Gasteiger charge is -2.24. The highest BCUT2D eigenvalue weighted by Crippen LogP contribution is 2.51. The van der Waals surface area contributed by atoms with Gasteiger partial charge in [-0.1, -0.05) is 139 Å². The van der Waals surface area contributed by atoms with E-state index in [1.54, 1.807) is 0 Å². The van der Waals surface area contributed by atoms with Gasteiger partial charge in [-0.25, -0.2) is 0 Å². The molecule has 0 amide bonds. The molecule has 0 spiro atoms. The SMILES string of the molecule is [2H]c1c([2H])c([2H])c(-c2c3ccccc3c(-c3ccc4c(c3)-c3cccc5c3c(cc3ccccc35)O4)c3ccc4ccccc4c23)c([2H])c1[2H]. The Kier molecular flexibility index (Phi) is 4.15. The van der Waals surface area contributed by atoms with Crippen molar-refractivity contribution in [3.8, 4) is 44.9 Å². The molecule has 1 nitrogen and oxygen atoms in total. The molecule has 0 radical (unpaired) electrons. The summed E-state index contributed by atoms with van der Waals surface area (Å²) >= 11 is 0. The number of hydrogen-bond acceptors (Lipinski definition) is 1. The summed E-state index contributed by atoms with van der Waals surface area (Å²) in [5.74, 6) is 1.64.